The first-order valence-corrected chi connectivity index (χ1v) is 4.27. The van der Waals surface area contributed by atoms with Crippen molar-refractivity contribution in [2.45, 2.75) is 38.1 Å². The molecule has 0 N–H and O–H groups in total. The fraction of sp³-hybridized carbons (Fsp3) is 0.778. The molecular weight excluding hydrogens is 172 g/mol. The highest BCUT2D eigenvalue weighted by Gasteiger charge is 2.53. The van der Waals surface area contributed by atoms with Gasteiger partial charge in [0.2, 0.25) is 6.29 Å². The van der Waals surface area contributed by atoms with Crippen LogP contribution in [0.2, 0.25) is 0 Å². The third kappa shape index (κ3) is 1.35. The summed E-state index contributed by atoms with van der Waals surface area (Å²) in [5.41, 5.74) is 0. The van der Waals surface area contributed by atoms with E-state index < -0.39 is 5.79 Å². The van der Waals surface area contributed by atoms with E-state index in [0.29, 0.717) is 5.76 Å². The fourth-order valence-corrected chi connectivity index (χ4v) is 1.70. The molecule has 74 valence electrons. The summed E-state index contributed by atoms with van der Waals surface area (Å²) in [5.74, 6) is 0.0150. The Bertz CT molecular complexity index is 236. The van der Waals surface area contributed by atoms with Gasteiger partial charge in [-0.25, -0.2) is 0 Å². The third-order valence-electron chi connectivity index (χ3n) is 2.21. The van der Waals surface area contributed by atoms with Crippen molar-refractivity contribution in [2.75, 3.05) is 7.11 Å². The van der Waals surface area contributed by atoms with Crippen LogP contribution in [0.1, 0.15) is 13.8 Å². The molecule has 2 aliphatic rings. The minimum Gasteiger partial charge on any atom is -0.464 e. The largest absolute Gasteiger partial charge is 0.464 e. The average molecular weight is 186 g/mol. The molecule has 2 rings (SSSR count). The molecule has 0 aromatic rings. The Kier molecular flexibility index (Phi) is 1.87. The zero-order valence-corrected chi connectivity index (χ0v) is 8.07. The minimum absolute atomic E-state index is 0.188. The molecular formula is C9H14O4. The fourth-order valence-electron chi connectivity index (χ4n) is 1.70. The minimum atomic E-state index is -0.571. The monoisotopic (exact) mass is 186 g/mol. The summed E-state index contributed by atoms with van der Waals surface area (Å²) in [6.45, 7) is 7.49. The van der Waals surface area contributed by atoms with Crippen LogP contribution in [0.5, 0.6) is 0 Å². The Morgan fingerprint density at radius 1 is 1.38 bits per heavy atom. The standard InChI is InChI=1S/C9H14O4/c1-5-6-7(8(10-4)11-5)13-9(2,3)12-6/h6-8H,1H2,2-4H3/t6-,7-,8?/m1/s1. The van der Waals surface area contributed by atoms with E-state index >= 15 is 0 Å². The molecule has 2 aliphatic heterocycles. The summed E-state index contributed by atoms with van der Waals surface area (Å²) in [4.78, 5) is 0. The number of methoxy groups -OCH3 is 1. The molecule has 2 fully saturated rings. The molecule has 0 bridgehead atoms. The van der Waals surface area contributed by atoms with Gasteiger partial charge in [0, 0.05) is 7.11 Å². The van der Waals surface area contributed by atoms with Gasteiger partial charge in [-0.3, -0.25) is 0 Å². The zero-order chi connectivity index (χ0) is 9.64. The Morgan fingerprint density at radius 2 is 2.08 bits per heavy atom. The van der Waals surface area contributed by atoms with Gasteiger partial charge in [0.15, 0.2) is 11.9 Å². The Labute approximate surface area is 77.4 Å². The molecule has 4 heteroatoms. The molecule has 4 nitrogen and oxygen atoms in total. The molecule has 2 heterocycles. The molecule has 3 atom stereocenters. The molecule has 0 aromatic heterocycles. The Morgan fingerprint density at radius 3 is 2.69 bits per heavy atom. The molecule has 13 heavy (non-hydrogen) atoms. The van der Waals surface area contributed by atoms with E-state index in [4.69, 9.17) is 18.9 Å². The first kappa shape index (κ1) is 8.99. The number of rotatable bonds is 1. The second kappa shape index (κ2) is 2.70. The summed E-state index contributed by atoms with van der Waals surface area (Å²) < 4.78 is 21.6. The van der Waals surface area contributed by atoms with Gasteiger partial charge in [-0.2, -0.15) is 0 Å². The first-order valence-electron chi connectivity index (χ1n) is 4.27. The summed E-state index contributed by atoms with van der Waals surface area (Å²) >= 11 is 0. The van der Waals surface area contributed by atoms with E-state index in [-0.39, 0.29) is 18.5 Å². The lowest BCUT2D eigenvalue weighted by molar-refractivity contribution is -0.201. The van der Waals surface area contributed by atoms with Crippen LogP contribution < -0.4 is 0 Å². The van der Waals surface area contributed by atoms with Crippen LogP contribution in [0, 0.1) is 0 Å². The van der Waals surface area contributed by atoms with E-state index in [0.717, 1.165) is 0 Å². The number of ether oxygens (including phenoxy) is 4. The van der Waals surface area contributed by atoms with Gasteiger partial charge in [0.25, 0.3) is 0 Å². The molecule has 2 saturated heterocycles. The van der Waals surface area contributed by atoms with Crippen LogP contribution in [0.4, 0.5) is 0 Å². The lowest BCUT2D eigenvalue weighted by atomic mass is 10.2. The second-order valence-corrected chi connectivity index (χ2v) is 3.71. The highest BCUT2D eigenvalue weighted by Crippen LogP contribution is 2.39. The molecule has 0 aromatic carbocycles. The maximum absolute atomic E-state index is 5.61. The van der Waals surface area contributed by atoms with Crippen molar-refractivity contribution >= 4 is 0 Å². The maximum Gasteiger partial charge on any atom is 0.228 e. The van der Waals surface area contributed by atoms with Crippen molar-refractivity contribution in [3.05, 3.63) is 12.3 Å². The van der Waals surface area contributed by atoms with Crippen LogP contribution in [0.3, 0.4) is 0 Å². The Hall–Kier alpha value is -0.580. The Balaban J connectivity index is 2.17. The van der Waals surface area contributed by atoms with Gasteiger partial charge in [0.1, 0.15) is 11.9 Å². The zero-order valence-electron chi connectivity index (χ0n) is 8.07. The van der Waals surface area contributed by atoms with E-state index in [1.165, 1.54) is 0 Å². The molecule has 0 amide bonds. The van der Waals surface area contributed by atoms with Gasteiger partial charge in [-0.05, 0) is 13.8 Å². The molecule has 1 unspecified atom stereocenters. The molecule has 0 aliphatic carbocycles. The van der Waals surface area contributed by atoms with E-state index in [2.05, 4.69) is 6.58 Å². The van der Waals surface area contributed by atoms with Crippen molar-refractivity contribution in [3.8, 4) is 0 Å². The van der Waals surface area contributed by atoms with Gasteiger partial charge in [0.05, 0.1) is 0 Å². The smallest absolute Gasteiger partial charge is 0.228 e. The number of hydrogen-bond donors (Lipinski definition) is 0. The maximum atomic E-state index is 5.61. The lowest BCUT2D eigenvalue weighted by Gasteiger charge is -2.21. The SMILES string of the molecule is C=C1OC(OC)[C@@H]2OC(C)(C)O[C@H]12. The van der Waals surface area contributed by atoms with Crippen molar-refractivity contribution < 1.29 is 18.9 Å². The highest BCUT2D eigenvalue weighted by molar-refractivity contribution is 5.08. The summed E-state index contributed by atoms with van der Waals surface area (Å²) in [6, 6.07) is 0. The van der Waals surface area contributed by atoms with Crippen molar-refractivity contribution in [2.24, 2.45) is 0 Å². The predicted molar refractivity (Wildman–Crippen MR) is 44.8 cm³/mol. The number of fused-ring (bicyclic) bond motifs is 1. The predicted octanol–water partition coefficient (Wildman–Crippen LogP) is 1.02. The second-order valence-electron chi connectivity index (χ2n) is 3.71. The summed E-state index contributed by atoms with van der Waals surface area (Å²) in [5, 5.41) is 0. The van der Waals surface area contributed by atoms with Crippen molar-refractivity contribution in [1.29, 1.82) is 0 Å². The van der Waals surface area contributed by atoms with Gasteiger partial charge >= 0.3 is 0 Å². The molecule has 0 radical (unpaired) electrons. The van der Waals surface area contributed by atoms with Crippen LogP contribution in [-0.4, -0.2) is 31.4 Å². The normalized spacial score (nSPS) is 41.8. The molecule has 0 spiro atoms. The summed E-state index contributed by atoms with van der Waals surface area (Å²) in [7, 11) is 1.58. The van der Waals surface area contributed by atoms with E-state index in [9.17, 15) is 0 Å². The average Bonchev–Trinajstić information content (AvgIpc) is 2.47. The summed E-state index contributed by atoms with van der Waals surface area (Å²) in [6.07, 6.45) is -0.772. The quantitative estimate of drug-likeness (QED) is 0.612. The van der Waals surface area contributed by atoms with E-state index in [1.54, 1.807) is 7.11 Å². The van der Waals surface area contributed by atoms with Crippen LogP contribution in [0.25, 0.3) is 0 Å². The topological polar surface area (TPSA) is 36.9 Å². The van der Waals surface area contributed by atoms with Crippen LogP contribution in [-0.2, 0) is 18.9 Å². The van der Waals surface area contributed by atoms with Crippen LogP contribution >= 0.6 is 0 Å². The number of hydrogen-bond acceptors (Lipinski definition) is 4. The van der Waals surface area contributed by atoms with Gasteiger partial charge in [-0.1, -0.05) is 6.58 Å². The lowest BCUT2D eigenvalue weighted by Crippen LogP contribution is -2.30. The van der Waals surface area contributed by atoms with Crippen LogP contribution in [0.15, 0.2) is 12.3 Å². The molecule has 0 saturated carbocycles. The van der Waals surface area contributed by atoms with E-state index in [1.807, 2.05) is 13.8 Å². The first-order chi connectivity index (χ1) is 6.03. The van der Waals surface area contributed by atoms with Gasteiger partial charge < -0.3 is 18.9 Å². The highest BCUT2D eigenvalue weighted by atomic mass is 16.8. The third-order valence-corrected chi connectivity index (χ3v) is 2.21. The van der Waals surface area contributed by atoms with Crippen molar-refractivity contribution in [1.82, 2.24) is 0 Å². The van der Waals surface area contributed by atoms with Crippen molar-refractivity contribution in [3.63, 3.8) is 0 Å². The van der Waals surface area contributed by atoms with Gasteiger partial charge in [-0.15, -0.1) is 0 Å².